The van der Waals surface area contributed by atoms with Crippen molar-refractivity contribution in [1.82, 2.24) is 15.3 Å². The highest BCUT2D eigenvalue weighted by Gasteiger charge is 2.09. The van der Waals surface area contributed by atoms with Crippen LogP contribution < -0.4 is 10.6 Å². The number of rotatable bonds is 7. The zero-order valence-electron chi connectivity index (χ0n) is 15.0. The third-order valence-electron chi connectivity index (χ3n) is 4.15. The van der Waals surface area contributed by atoms with E-state index in [1.165, 1.54) is 12.4 Å². The van der Waals surface area contributed by atoms with E-state index in [9.17, 15) is 4.79 Å². The van der Waals surface area contributed by atoms with Gasteiger partial charge in [0.05, 0.1) is 11.6 Å². The summed E-state index contributed by atoms with van der Waals surface area (Å²) >= 11 is 5.96. The van der Waals surface area contributed by atoms with E-state index in [0.29, 0.717) is 29.5 Å². The molecule has 0 aliphatic heterocycles. The van der Waals surface area contributed by atoms with Crippen LogP contribution in [0.15, 0.2) is 67.0 Å². The van der Waals surface area contributed by atoms with Crippen LogP contribution in [0.3, 0.4) is 0 Å². The molecular weight excluding hydrogens is 360 g/mol. The zero-order valence-corrected chi connectivity index (χ0v) is 15.8. The molecule has 1 atom stereocenters. The summed E-state index contributed by atoms with van der Waals surface area (Å²) in [5, 5.41) is 6.79. The molecule has 3 aromatic rings. The normalized spacial score (nSPS) is 11.6. The molecule has 0 saturated heterocycles. The Balaban J connectivity index is 1.51. The van der Waals surface area contributed by atoms with E-state index in [2.05, 4.69) is 20.6 Å². The molecular formula is C21H21ClN4O. The fraction of sp³-hybridized carbons (Fsp3) is 0.190. The Bertz CT molecular complexity index is 884. The summed E-state index contributed by atoms with van der Waals surface area (Å²) in [6.45, 7) is 2.55. The average Bonchev–Trinajstić information content (AvgIpc) is 2.69. The van der Waals surface area contributed by atoms with Crippen LogP contribution in [-0.4, -0.2) is 22.4 Å². The number of halogens is 1. The number of hydrogen-bond donors (Lipinski definition) is 2. The van der Waals surface area contributed by atoms with E-state index in [1.807, 2.05) is 61.5 Å². The van der Waals surface area contributed by atoms with Gasteiger partial charge in [0.25, 0.3) is 5.91 Å². The van der Waals surface area contributed by atoms with Gasteiger partial charge in [-0.2, -0.15) is 0 Å². The van der Waals surface area contributed by atoms with Crippen molar-refractivity contribution in [3.8, 4) is 0 Å². The number of amides is 1. The fourth-order valence-electron chi connectivity index (χ4n) is 2.65. The third-order valence-corrected chi connectivity index (χ3v) is 4.38. The van der Waals surface area contributed by atoms with Crippen molar-refractivity contribution in [1.29, 1.82) is 0 Å². The Kier molecular flexibility index (Phi) is 6.39. The first kappa shape index (κ1) is 18.9. The van der Waals surface area contributed by atoms with Gasteiger partial charge in [0, 0.05) is 24.0 Å². The van der Waals surface area contributed by atoms with Crippen molar-refractivity contribution in [2.45, 2.75) is 19.4 Å². The van der Waals surface area contributed by atoms with Gasteiger partial charge in [0.2, 0.25) is 5.95 Å². The molecule has 0 saturated carbocycles. The minimum Gasteiger partial charge on any atom is -0.352 e. The van der Waals surface area contributed by atoms with Gasteiger partial charge in [0.1, 0.15) is 0 Å². The molecule has 0 aliphatic rings. The largest absolute Gasteiger partial charge is 0.352 e. The van der Waals surface area contributed by atoms with Crippen molar-refractivity contribution in [3.05, 3.63) is 88.7 Å². The predicted octanol–water partition coefficient (Wildman–Crippen LogP) is 4.28. The predicted molar refractivity (Wildman–Crippen MR) is 108 cm³/mol. The topological polar surface area (TPSA) is 66.9 Å². The molecule has 0 fully saturated rings. The first-order valence-corrected chi connectivity index (χ1v) is 9.16. The number of benzene rings is 2. The molecule has 6 heteroatoms. The summed E-state index contributed by atoms with van der Waals surface area (Å²) in [6.07, 6.45) is 3.77. The highest BCUT2D eigenvalue weighted by atomic mass is 35.5. The Hall–Kier alpha value is -2.92. The monoisotopic (exact) mass is 380 g/mol. The van der Waals surface area contributed by atoms with E-state index in [1.54, 1.807) is 0 Å². The lowest BCUT2D eigenvalue weighted by molar-refractivity contribution is 0.0953. The summed E-state index contributed by atoms with van der Waals surface area (Å²) in [5.74, 6) is 0.293. The minimum atomic E-state index is -0.195. The van der Waals surface area contributed by atoms with Gasteiger partial charge in [0.15, 0.2) is 0 Å². The summed E-state index contributed by atoms with van der Waals surface area (Å²) in [6, 6.07) is 17.7. The summed E-state index contributed by atoms with van der Waals surface area (Å²) in [7, 11) is 0. The van der Waals surface area contributed by atoms with Gasteiger partial charge in [-0.3, -0.25) is 4.79 Å². The van der Waals surface area contributed by atoms with Crippen molar-refractivity contribution in [3.63, 3.8) is 0 Å². The number of carbonyl (C=O) groups is 1. The summed E-state index contributed by atoms with van der Waals surface area (Å²) < 4.78 is 0. The Morgan fingerprint density at radius 2 is 1.81 bits per heavy atom. The van der Waals surface area contributed by atoms with Crippen LogP contribution in [0.4, 0.5) is 5.95 Å². The number of carbonyl (C=O) groups excluding carboxylic acids is 1. The number of hydrogen-bond acceptors (Lipinski definition) is 4. The SMILES string of the molecule is CC(Nc1ncc(C(=O)NCCc2cccc(Cl)c2)cn1)c1ccccc1. The van der Waals surface area contributed by atoms with Gasteiger partial charge in [-0.05, 0) is 36.6 Å². The molecule has 0 bridgehead atoms. The molecule has 1 amide bonds. The van der Waals surface area contributed by atoms with Crippen LogP contribution in [0.5, 0.6) is 0 Å². The quantitative estimate of drug-likeness (QED) is 0.642. The van der Waals surface area contributed by atoms with Crippen LogP contribution in [0, 0.1) is 0 Å². The molecule has 2 N–H and O–H groups in total. The lowest BCUT2D eigenvalue weighted by Crippen LogP contribution is -2.26. The molecule has 0 spiro atoms. The molecule has 138 valence electrons. The van der Waals surface area contributed by atoms with Crippen LogP contribution in [-0.2, 0) is 6.42 Å². The van der Waals surface area contributed by atoms with Crippen LogP contribution in [0.1, 0.15) is 34.5 Å². The smallest absolute Gasteiger partial charge is 0.254 e. The first-order chi connectivity index (χ1) is 13.1. The Morgan fingerprint density at radius 3 is 2.52 bits per heavy atom. The van der Waals surface area contributed by atoms with Crippen molar-refractivity contribution in [2.24, 2.45) is 0 Å². The summed E-state index contributed by atoms with van der Waals surface area (Å²) in [5.41, 5.74) is 2.65. The molecule has 1 unspecified atom stereocenters. The standard InChI is InChI=1S/C21H21ClN4O/c1-15(17-7-3-2-4-8-17)26-21-24-13-18(14-25-21)20(27)23-11-10-16-6-5-9-19(22)12-16/h2-9,12-15H,10-11H2,1H3,(H,23,27)(H,24,25,26). The van der Waals surface area contributed by atoms with E-state index < -0.39 is 0 Å². The number of nitrogens with zero attached hydrogens (tertiary/aromatic N) is 2. The van der Waals surface area contributed by atoms with E-state index >= 15 is 0 Å². The highest BCUT2D eigenvalue weighted by Crippen LogP contribution is 2.16. The Morgan fingerprint density at radius 1 is 1.07 bits per heavy atom. The molecule has 1 aromatic heterocycles. The van der Waals surface area contributed by atoms with Crippen molar-refractivity contribution >= 4 is 23.5 Å². The molecule has 1 heterocycles. The lowest BCUT2D eigenvalue weighted by Gasteiger charge is -2.14. The number of nitrogens with one attached hydrogen (secondary N) is 2. The minimum absolute atomic E-state index is 0.0728. The third kappa shape index (κ3) is 5.53. The molecule has 27 heavy (non-hydrogen) atoms. The fourth-order valence-corrected chi connectivity index (χ4v) is 2.87. The maximum atomic E-state index is 12.2. The van der Waals surface area contributed by atoms with Crippen LogP contribution >= 0.6 is 11.6 Å². The van der Waals surface area contributed by atoms with Crippen molar-refractivity contribution in [2.75, 3.05) is 11.9 Å². The second-order valence-corrected chi connectivity index (χ2v) is 6.64. The zero-order chi connectivity index (χ0) is 19.1. The number of anilines is 1. The van der Waals surface area contributed by atoms with Gasteiger partial charge in [-0.25, -0.2) is 9.97 Å². The Labute approximate surface area is 163 Å². The second-order valence-electron chi connectivity index (χ2n) is 6.21. The maximum Gasteiger partial charge on any atom is 0.254 e. The van der Waals surface area contributed by atoms with Gasteiger partial charge >= 0.3 is 0 Å². The van der Waals surface area contributed by atoms with E-state index in [-0.39, 0.29) is 11.9 Å². The molecule has 0 aliphatic carbocycles. The molecule has 2 aromatic carbocycles. The van der Waals surface area contributed by atoms with E-state index in [0.717, 1.165) is 11.1 Å². The maximum absolute atomic E-state index is 12.2. The van der Waals surface area contributed by atoms with Crippen LogP contribution in [0.2, 0.25) is 5.02 Å². The van der Waals surface area contributed by atoms with E-state index in [4.69, 9.17) is 11.6 Å². The van der Waals surface area contributed by atoms with Gasteiger partial charge in [-0.1, -0.05) is 54.1 Å². The highest BCUT2D eigenvalue weighted by molar-refractivity contribution is 6.30. The van der Waals surface area contributed by atoms with Gasteiger partial charge < -0.3 is 10.6 Å². The van der Waals surface area contributed by atoms with Gasteiger partial charge in [-0.15, -0.1) is 0 Å². The van der Waals surface area contributed by atoms with Crippen LogP contribution in [0.25, 0.3) is 0 Å². The summed E-state index contributed by atoms with van der Waals surface area (Å²) in [4.78, 5) is 20.7. The second kappa shape index (κ2) is 9.14. The lowest BCUT2D eigenvalue weighted by atomic mass is 10.1. The molecule has 5 nitrogen and oxygen atoms in total. The molecule has 0 radical (unpaired) electrons. The first-order valence-electron chi connectivity index (χ1n) is 8.78. The average molecular weight is 381 g/mol. The number of aromatic nitrogens is 2. The van der Waals surface area contributed by atoms with Crippen molar-refractivity contribution < 1.29 is 4.79 Å². The molecule has 3 rings (SSSR count).